The third-order valence-corrected chi connectivity index (χ3v) is 3.02. The normalized spacial score (nSPS) is 10.8. The van der Waals surface area contributed by atoms with Gasteiger partial charge < -0.3 is 5.32 Å². The Labute approximate surface area is 115 Å². The maximum atomic E-state index is 5.96. The summed E-state index contributed by atoms with van der Waals surface area (Å²) in [6, 6.07) is 7.73. The molecule has 0 saturated carbocycles. The van der Waals surface area contributed by atoms with Gasteiger partial charge in [0.2, 0.25) is 0 Å². The Hall–Kier alpha value is -2.14. The summed E-state index contributed by atoms with van der Waals surface area (Å²) in [4.78, 5) is 8.38. The van der Waals surface area contributed by atoms with E-state index in [0.717, 1.165) is 21.8 Å². The minimum Gasteiger partial charge on any atom is -0.365 e. The Morgan fingerprint density at radius 3 is 3.05 bits per heavy atom. The highest BCUT2D eigenvalue weighted by atomic mass is 35.5. The van der Waals surface area contributed by atoms with Crippen LogP contribution >= 0.6 is 11.6 Å². The molecule has 0 spiro atoms. The standard InChI is InChI=1S/C13H12ClN5/c1-19-7-11-12(16-8-17-13(11)18-19)15-6-9-3-2-4-10(14)5-9/h2-5,7-8H,6H2,1H3,(H,15,16,17,18). The predicted octanol–water partition coefficient (Wildman–Crippen LogP) is 2.63. The molecule has 96 valence electrons. The van der Waals surface area contributed by atoms with Crippen molar-refractivity contribution >= 4 is 28.5 Å². The van der Waals surface area contributed by atoms with E-state index in [1.165, 1.54) is 6.33 Å². The molecular formula is C13H12ClN5. The van der Waals surface area contributed by atoms with Gasteiger partial charge in [0.05, 0.1) is 5.39 Å². The molecule has 6 heteroatoms. The molecule has 0 saturated heterocycles. The van der Waals surface area contributed by atoms with Gasteiger partial charge in [-0.2, -0.15) is 5.10 Å². The lowest BCUT2D eigenvalue weighted by Gasteiger charge is -2.06. The molecule has 0 amide bonds. The number of nitrogens with one attached hydrogen (secondary N) is 1. The van der Waals surface area contributed by atoms with Gasteiger partial charge in [0, 0.05) is 24.8 Å². The number of aryl methyl sites for hydroxylation is 1. The summed E-state index contributed by atoms with van der Waals surface area (Å²) in [5.74, 6) is 0.776. The molecule has 2 heterocycles. The van der Waals surface area contributed by atoms with Crippen molar-refractivity contribution < 1.29 is 0 Å². The first-order chi connectivity index (χ1) is 9.22. The minimum absolute atomic E-state index is 0.654. The first kappa shape index (κ1) is 11.9. The largest absolute Gasteiger partial charge is 0.365 e. The van der Waals surface area contributed by atoms with E-state index in [1.54, 1.807) is 4.68 Å². The van der Waals surface area contributed by atoms with Gasteiger partial charge in [-0.15, -0.1) is 0 Å². The summed E-state index contributed by atoms with van der Waals surface area (Å²) in [6.45, 7) is 0.654. The van der Waals surface area contributed by atoms with Crippen LogP contribution < -0.4 is 5.32 Å². The zero-order valence-corrected chi connectivity index (χ0v) is 11.1. The smallest absolute Gasteiger partial charge is 0.186 e. The summed E-state index contributed by atoms with van der Waals surface area (Å²) in [6.07, 6.45) is 3.41. The summed E-state index contributed by atoms with van der Waals surface area (Å²) >= 11 is 5.96. The van der Waals surface area contributed by atoms with Crippen molar-refractivity contribution in [3.05, 3.63) is 47.4 Å². The second kappa shape index (κ2) is 4.85. The third kappa shape index (κ3) is 2.51. The molecule has 0 aliphatic rings. The molecule has 5 nitrogen and oxygen atoms in total. The summed E-state index contributed by atoms with van der Waals surface area (Å²) in [5, 5.41) is 9.17. The highest BCUT2D eigenvalue weighted by Gasteiger charge is 2.06. The number of anilines is 1. The van der Waals surface area contributed by atoms with Crippen LogP contribution in [0.1, 0.15) is 5.56 Å². The number of halogens is 1. The van der Waals surface area contributed by atoms with Gasteiger partial charge in [-0.05, 0) is 17.7 Å². The van der Waals surface area contributed by atoms with Crippen LogP contribution in [0.5, 0.6) is 0 Å². The van der Waals surface area contributed by atoms with Gasteiger partial charge in [0.25, 0.3) is 0 Å². The van der Waals surface area contributed by atoms with Crippen molar-refractivity contribution in [1.29, 1.82) is 0 Å². The van der Waals surface area contributed by atoms with Crippen molar-refractivity contribution in [3.63, 3.8) is 0 Å². The Morgan fingerprint density at radius 2 is 2.21 bits per heavy atom. The van der Waals surface area contributed by atoms with E-state index in [9.17, 15) is 0 Å². The molecule has 3 rings (SSSR count). The van der Waals surface area contributed by atoms with Crippen LogP contribution in [-0.2, 0) is 13.6 Å². The SMILES string of the molecule is Cn1cc2c(NCc3cccc(Cl)c3)ncnc2n1. The van der Waals surface area contributed by atoms with Crippen molar-refractivity contribution in [2.45, 2.75) is 6.54 Å². The van der Waals surface area contributed by atoms with E-state index in [4.69, 9.17) is 11.6 Å². The number of nitrogens with zero attached hydrogens (tertiary/aromatic N) is 4. The fourth-order valence-electron chi connectivity index (χ4n) is 1.92. The lowest BCUT2D eigenvalue weighted by Crippen LogP contribution is -2.02. The van der Waals surface area contributed by atoms with Crippen molar-refractivity contribution in [3.8, 4) is 0 Å². The topological polar surface area (TPSA) is 55.6 Å². The number of fused-ring (bicyclic) bond motifs is 1. The van der Waals surface area contributed by atoms with E-state index in [0.29, 0.717) is 12.2 Å². The Morgan fingerprint density at radius 1 is 1.32 bits per heavy atom. The highest BCUT2D eigenvalue weighted by molar-refractivity contribution is 6.30. The van der Waals surface area contributed by atoms with E-state index in [2.05, 4.69) is 20.4 Å². The van der Waals surface area contributed by atoms with E-state index in [-0.39, 0.29) is 0 Å². The maximum absolute atomic E-state index is 5.96. The fourth-order valence-corrected chi connectivity index (χ4v) is 2.14. The molecule has 0 atom stereocenters. The van der Waals surface area contributed by atoms with Crippen molar-refractivity contribution in [2.75, 3.05) is 5.32 Å². The van der Waals surface area contributed by atoms with Gasteiger partial charge in [-0.25, -0.2) is 9.97 Å². The monoisotopic (exact) mass is 273 g/mol. The van der Waals surface area contributed by atoms with E-state index < -0.39 is 0 Å². The Balaban J connectivity index is 1.85. The minimum atomic E-state index is 0.654. The van der Waals surface area contributed by atoms with Crippen molar-refractivity contribution in [2.24, 2.45) is 7.05 Å². The average molecular weight is 274 g/mol. The second-order valence-corrected chi connectivity index (χ2v) is 4.68. The van der Waals surface area contributed by atoms with Gasteiger partial charge in [0.15, 0.2) is 5.65 Å². The number of rotatable bonds is 3. The summed E-state index contributed by atoms with van der Waals surface area (Å²) in [5.41, 5.74) is 1.79. The Bertz CT molecular complexity index is 722. The number of hydrogen-bond donors (Lipinski definition) is 1. The first-order valence-electron chi connectivity index (χ1n) is 5.85. The van der Waals surface area contributed by atoms with E-state index >= 15 is 0 Å². The Kier molecular flexibility index (Phi) is 3.05. The maximum Gasteiger partial charge on any atom is 0.186 e. The summed E-state index contributed by atoms with van der Waals surface area (Å²) in [7, 11) is 1.86. The van der Waals surface area contributed by atoms with Crippen LogP contribution in [-0.4, -0.2) is 19.7 Å². The predicted molar refractivity (Wildman–Crippen MR) is 75.1 cm³/mol. The molecule has 3 aromatic rings. The fraction of sp³-hybridized carbons (Fsp3) is 0.154. The van der Waals surface area contributed by atoms with Crippen LogP contribution in [0, 0.1) is 0 Å². The molecule has 0 radical (unpaired) electrons. The van der Waals surface area contributed by atoms with Crippen LogP contribution in [0.2, 0.25) is 5.02 Å². The molecule has 2 aromatic heterocycles. The number of benzene rings is 1. The third-order valence-electron chi connectivity index (χ3n) is 2.78. The van der Waals surface area contributed by atoms with Gasteiger partial charge in [-0.3, -0.25) is 4.68 Å². The molecule has 0 aliphatic carbocycles. The van der Waals surface area contributed by atoms with Crippen LogP contribution in [0.15, 0.2) is 36.8 Å². The first-order valence-corrected chi connectivity index (χ1v) is 6.23. The zero-order chi connectivity index (χ0) is 13.2. The molecule has 1 aromatic carbocycles. The van der Waals surface area contributed by atoms with Crippen LogP contribution in [0.4, 0.5) is 5.82 Å². The average Bonchev–Trinajstić information content (AvgIpc) is 2.77. The molecule has 0 bridgehead atoms. The van der Waals surface area contributed by atoms with Gasteiger partial charge >= 0.3 is 0 Å². The molecule has 0 unspecified atom stereocenters. The molecule has 0 aliphatic heterocycles. The molecule has 19 heavy (non-hydrogen) atoms. The van der Waals surface area contributed by atoms with Gasteiger partial charge in [-0.1, -0.05) is 23.7 Å². The summed E-state index contributed by atoms with van der Waals surface area (Å²) < 4.78 is 1.73. The number of aromatic nitrogens is 4. The van der Waals surface area contributed by atoms with Crippen molar-refractivity contribution in [1.82, 2.24) is 19.7 Å². The lowest BCUT2D eigenvalue weighted by molar-refractivity contribution is 0.775. The van der Waals surface area contributed by atoms with Crippen LogP contribution in [0.25, 0.3) is 11.0 Å². The lowest BCUT2D eigenvalue weighted by atomic mass is 10.2. The molecule has 1 N–H and O–H groups in total. The number of hydrogen-bond acceptors (Lipinski definition) is 4. The van der Waals surface area contributed by atoms with Gasteiger partial charge in [0.1, 0.15) is 12.1 Å². The van der Waals surface area contributed by atoms with Crippen LogP contribution in [0.3, 0.4) is 0 Å². The molecule has 0 fully saturated rings. The second-order valence-electron chi connectivity index (χ2n) is 4.25. The molecular weight excluding hydrogens is 262 g/mol. The van der Waals surface area contributed by atoms with E-state index in [1.807, 2.05) is 37.5 Å². The zero-order valence-electron chi connectivity index (χ0n) is 10.3. The quantitative estimate of drug-likeness (QED) is 0.797. The highest BCUT2D eigenvalue weighted by Crippen LogP contribution is 2.18.